The van der Waals surface area contributed by atoms with Crippen LogP contribution in [0.5, 0.6) is 5.75 Å². The highest BCUT2D eigenvalue weighted by Gasteiger charge is 2.16. The van der Waals surface area contributed by atoms with E-state index in [1.807, 2.05) is 45.0 Å². The van der Waals surface area contributed by atoms with Crippen molar-refractivity contribution in [3.8, 4) is 5.75 Å². The summed E-state index contributed by atoms with van der Waals surface area (Å²) < 4.78 is 5.25. The molecule has 28 heavy (non-hydrogen) atoms. The average molecular weight is 373 g/mol. The summed E-state index contributed by atoms with van der Waals surface area (Å²) in [6.07, 6.45) is 0. The van der Waals surface area contributed by atoms with E-state index in [1.165, 1.54) is 0 Å². The molecule has 0 heterocycles. The number of benzene rings is 3. The lowest BCUT2D eigenvalue weighted by atomic mass is 9.93. The van der Waals surface area contributed by atoms with Crippen LogP contribution in [0, 0.1) is 20.8 Å². The molecule has 0 saturated carbocycles. The zero-order valence-corrected chi connectivity index (χ0v) is 16.5. The number of carbonyl (C=O) groups excluding carboxylic acids is 2. The summed E-state index contributed by atoms with van der Waals surface area (Å²) in [5.41, 5.74) is 5.40. The van der Waals surface area contributed by atoms with Crippen molar-refractivity contribution in [1.82, 2.24) is 0 Å². The summed E-state index contributed by atoms with van der Waals surface area (Å²) in [6, 6.07) is 18.0. The van der Waals surface area contributed by atoms with E-state index >= 15 is 0 Å². The molecule has 0 atom stereocenters. The molecule has 0 aliphatic heterocycles. The molecule has 142 valence electrons. The fourth-order valence-corrected chi connectivity index (χ4v) is 3.40. The fourth-order valence-electron chi connectivity index (χ4n) is 3.40. The van der Waals surface area contributed by atoms with Crippen LogP contribution < -0.4 is 10.1 Å². The van der Waals surface area contributed by atoms with E-state index in [1.54, 1.807) is 43.5 Å². The molecule has 3 aromatic rings. The molecule has 0 saturated heterocycles. The highest BCUT2D eigenvalue weighted by molar-refractivity contribution is 6.11. The minimum absolute atomic E-state index is 0.0355. The number of carbonyl (C=O) groups is 2. The van der Waals surface area contributed by atoms with Gasteiger partial charge >= 0.3 is 0 Å². The second kappa shape index (κ2) is 8.09. The van der Waals surface area contributed by atoms with Crippen molar-refractivity contribution >= 4 is 17.4 Å². The van der Waals surface area contributed by atoms with Crippen molar-refractivity contribution in [2.24, 2.45) is 0 Å². The second-order valence-electron chi connectivity index (χ2n) is 6.83. The summed E-state index contributed by atoms with van der Waals surface area (Å²) in [6.45, 7) is 5.91. The van der Waals surface area contributed by atoms with E-state index < -0.39 is 0 Å². The van der Waals surface area contributed by atoms with Crippen LogP contribution in [0.25, 0.3) is 0 Å². The third kappa shape index (κ3) is 3.96. The number of nitrogens with one attached hydrogen (secondary N) is 1. The van der Waals surface area contributed by atoms with Crippen molar-refractivity contribution in [2.75, 3.05) is 12.4 Å². The van der Waals surface area contributed by atoms with E-state index in [0.29, 0.717) is 22.6 Å². The van der Waals surface area contributed by atoms with Crippen molar-refractivity contribution in [2.45, 2.75) is 20.8 Å². The fraction of sp³-hybridized carbons (Fsp3) is 0.167. The number of rotatable bonds is 5. The van der Waals surface area contributed by atoms with Gasteiger partial charge in [0.2, 0.25) is 0 Å². The standard InChI is InChI=1S/C24H23NO3/c1-15-13-16(2)22(17(3)14-15)23(26)18-9-11-19(12-10-18)24(27)25-20-7-5-6-8-21(20)28-4/h5-14H,1-4H3,(H,25,27). The van der Waals surface area contributed by atoms with Crippen LogP contribution in [0.15, 0.2) is 60.7 Å². The van der Waals surface area contributed by atoms with Gasteiger partial charge in [-0.05, 0) is 56.2 Å². The largest absolute Gasteiger partial charge is 0.495 e. The maximum absolute atomic E-state index is 12.9. The third-order valence-corrected chi connectivity index (χ3v) is 4.67. The number of para-hydroxylation sites is 2. The molecule has 0 aliphatic carbocycles. The van der Waals surface area contributed by atoms with Crippen molar-refractivity contribution in [1.29, 1.82) is 0 Å². The molecular formula is C24H23NO3. The molecule has 1 amide bonds. The van der Waals surface area contributed by atoms with Gasteiger partial charge in [0.05, 0.1) is 12.8 Å². The molecule has 0 spiro atoms. The molecule has 0 aromatic heterocycles. The van der Waals surface area contributed by atoms with E-state index in [0.717, 1.165) is 22.3 Å². The van der Waals surface area contributed by atoms with Gasteiger partial charge in [0.1, 0.15) is 5.75 Å². The number of ketones is 1. The number of hydrogen-bond acceptors (Lipinski definition) is 3. The Bertz CT molecular complexity index is 1010. The Hall–Kier alpha value is -3.40. The van der Waals surface area contributed by atoms with Gasteiger partial charge in [0.25, 0.3) is 5.91 Å². The summed E-state index contributed by atoms with van der Waals surface area (Å²) >= 11 is 0. The van der Waals surface area contributed by atoms with Crippen LogP contribution in [0.3, 0.4) is 0 Å². The molecule has 0 radical (unpaired) electrons. The zero-order chi connectivity index (χ0) is 20.3. The first-order valence-electron chi connectivity index (χ1n) is 9.07. The number of anilines is 1. The monoisotopic (exact) mass is 373 g/mol. The smallest absolute Gasteiger partial charge is 0.255 e. The lowest BCUT2D eigenvalue weighted by Crippen LogP contribution is -2.13. The van der Waals surface area contributed by atoms with Gasteiger partial charge in [0, 0.05) is 16.7 Å². The van der Waals surface area contributed by atoms with E-state index in [2.05, 4.69) is 5.32 Å². The topological polar surface area (TPSA) is 55.4 Å². The highest BCUT2D eigenvalue weighted by Crippen LogP contribution is 2.24. The Morgan fingerprint density at radius 3 is 2.00 bits per heavy atom. The van der Waals surface area contributed by atoms with Crippen molar-refractivity contribution in [3.05, 3.63) is 94.0 Å². The van der Waals surface area contributed by atoms with E-state index in [-0.39, 0.29) is 11.7 Å². The first-order chi connectivity index (χ1) is 13.4. The molecule has 3 aromatic carbocycles. The van der Waals surface area contributed by atoms with Crippen LogP contribution in [0.2, 0.25) is 0 Å². The first-order valence-corrected chi connectivity index (χ1v) is 9.07. The average Bonchev–Trinajstić information content (AvgIpc) is 2.67. The first kappa shape index (κ1) is 19.4. The number of aryl methyl sites for hydroxylation is 3. The Kier molecular flexibility index (Phi) is 5.59. The third-order valence-electron chi connectivity index (χ3n) is 4.67. The maximum atomic E-state index is 12.9. The van der Waals surface area contributed by atoms with Crippen LogP contribution >= 0.6 is 0 Å². The highest BCUT2D eigenvalue weighted by atomic mass is 16.5. The minimum atomic E-state index is -0.258. The Morgan fingerprint density at radius 2 is 1.39 bits per heavy atom. The van der Waals surface area contributed by atoms with E-state index in [9.17, 15) is 9.59 Å². The Labute approximate surface area is 165 Å². The molecular weight excluding hydrogens is 350 g/mol. The normalized spacial score (nSPS) is 10.4. The van der Waals surface area contributed by atoms with Crippen LogP contribution in [0.4, 0.5) is 5.69 Å². The number of methoxy groups -OCH3 is 1. The second-order valence-corrected chi connectivity index (χ2v) is 6.83. The molecule has 0 fully saturated rings. The van der Waals surface area contributed by atoms with Gasteiger partial charge in [-0.3, -0.25) is 9.59 Å². The molecule has 4 heteroatoms. The Balaban J connectivity index is 1.82. The summed E-state index contributed by atoms with van der Waals surface area (Å²) in [7, 11) is 1.56. The molecule has 1 N–H and O–H groups in total. The van der Waals surface area contributed by atoms with Gasteiger partial charge in [-0.15, -0.1) is 0 Å². The summed E-state index contributed by atoms with van der Waals surface area (Å²) in [4.78, 5) is 25.5. The molecule has 3 rings (SSSR count). The minimum Gasteiger partial charge on any atom is -0.495 e. The number of hydrogen-bond donors (Lipinski definition) is 1. The Morgan fingerprint density at radius 1 is 0.821 bits per heavy atom. The molecule has 4 nitrogen and oxygen atoms in total. The van der Waals surface area contributed by atoms with Crippen LogP contribution in [-0.2, 0) is 0 Å². The summed E-state index contributed by atoms with van der Waals surface area (Å²) in [5, 5.41) is 2.83. The lowest BCUT2D eigenvalue weighted by molar-refractivity contribution is 0.101. The van der Waals surface area contributed by atoms with Crippen molar-refractivity contribution in [3.63, 3.8) is 0 Å². The van der Waals surface area contributed by atoms with E-state index in [4.69, 9.17) is 4.74 Å². The summed E-state index contributed by atoms with van der Waals surface area (Å²) in [5.74, 6) is 0.297. The predicted octanol–water partition coefficient (Wildman–Crippen LogP) is 5.10. The lowest BCUT2D eigenvalue weighted by Gasteiger charge is -2.12. The number of amides is 1. The van der Waals surface area contributed by atoms with Gasteiger partial charge in [-0.25, -0.2) is 0 Å². The van der Waals surface area contributed by atoms with Crippen LogP contribution in [-0.4, -0.2) is 18.8 Å². The maximum Gasteiger partial charge on any atom is 0.255 e. The van der Waals surface area contributed by atoms with Gasteiger partial charge in [0.15, 0.2) is 5.78 Å². The number of ether oxygens (including phenoxy) is 1. The zero-order valence-electron chi connectivity index (χ0n) is 16.5. The van der Waals surface area contributed by atoms with Crippen molar-refractivity contribution < 1.29 is 14.3 Å². The van der Waals surface area contributed by atoms with Gasteiger partial charge in [-0.2, -0.15) is 0 Å². The van der Waals surface area contributed by atoms with Gasteiger partial charge in [-0.1, -0.05) is 42.0 Å². The quantitative estimate of drug-likeness (QED) is 0.633. The molecule has 0 bridgehead atoms. The van der Waals surface area contributed by atoms with Crippen LogP contribution in [0.1, 0.15) is 43.0 Å². The molecule has 0 aliphatic rings. The molecule has 0 unspecified atom stereocenters. The SMILES string of the molecule is COc1ccccc1NC(=O)c1ccc(C(=O)c2c(C)cc(C)cc2C)cc1. The predicted molar refractivity (Wildman–Crippen MR) is 111 cm³/mol. The van der Waals surface area contributed by atoms with Gasteiger partial charge < -0.3 is 10.1 Å².